The quantitative estimate of drug-likeness (QED) is 0.0767. The van der Waals surface area contributed by atoms with Crippen molar-refractivity contribution in [1.29, 1.82) is 0 Å². The topological polar surface area (TPSA) is 237 Å². The maximum atomic E-state index is 12.2. The van der Waals surface area contributed by atoms with Crippen molar-refractivity contribution in [2.75, 3.05) is 39.6 Å². The highest BCUT2D eigenvalue weighted by Crippen LogP contribution is 2.45. The average Bonchev–Trinajstić information content (AvgIpc) is 2.93. The van der Waals surface area contributed by atoms with Gasteiger partial charge in [-0.15, -0.1) is 0 Å². The fraction of sp³-hybridized carbons (Fsp3) is 0.826. The van der Waals surface area contributed by atoms with Gasteiger partial charge in [0.25, 0.3) is 0 Å². The van der Waals surface area contributed by atoms with E-state index in [4.69, 9.17) is 28.0 Å². The molecule has 0 aliphatic heterocycles. The molecule has 0 aromatic rings. The standard InChI is InChI=1S/C23H42O17P2/c1-5-9-22(27)34-14-18(39-21(26)8-4)15-37-41(29,30)35-11-17(24)12-36-42(31,32)38-16-19(13-33-20(25)7-3)40-23(28)10-6-2/h17-19,24H,5-16H2,1-4H3,(H,29,30)(H,31,32)/t17-,18-,19-/m1/s1. The molecule has 246 valence electrons. The van der Waals surface area contributed by atoms with Gasteiger partial charge in [0.1, 0.15) is 19.3 Å². The summed E-state index contributed by atoms with van der Waals surface area (Å²) in [6.45, 7) is 2.47. The summed E-state index contributed by atoms with van der Waals surface area (Å²) >= 11 is 0. The number of carbonyl (C=O) groups is 4. The number of aliphatic hydroxyl groups excluding tert-OH is 1. The van der Waals surface area contributed by atoms with Crippen LogP contribution in [0.4, 0.5) is 0 Å². The molecular formula is C23H42O17P2. The van der Waals surface area contributed by atoms with Gasteiger partial charge in [-0.25, -0.2) is 9.13 Å². The maximum absolute atomic E-state index is 12.2. The van der Waals surface area contributed by atoms with Crippen molar-refractivity contribution in [1.82, 2.24) is 0 Å². The van der Waals surface area contributed by atoms with E-state index in [1.807, 2.05) is 0 Å². The summed E-state index contributed by atoms with van der Waals surface area (Å²) in [7, 11) is -9.68. The molecule has 0 aromatic carbocycles. The zero-order chi connectivity index (χ0) is 32.2. The van der Waals surface area contributed by atoms with Gasteiger partial charge in [-0.05, 0) is 12.8 Å². The van der Waals surface area contributed by atoms with Gasteiger partial charge >= 0.3 is 39.5 Å². The Balaban J connectivity index is 4.78. The van der Waals surface area contributed by atoms with E-state index in [0.29, 0.717) is 12.8 Å². The van der Waals surface area contributed by atoms with Crippen LogP contribution in [0.15, 0.2) is 0 Å². The van der Waals surface area contributed by atoms with E-state index >= 15 is 0 Å². The van der Waals surface area contributed by atoms with Crippen LogP contribution in [0, 0.1) is 0 Å². The number of hydrogen-bond donors (Lipinski definition) is 3. The predicted octanol–water partition coefficient (Wildman–Crippen LogP) is 1.94. The number of hydrogen-bond acceptors (Lipinski definition) is 15. The lowest BCUT2D eigenvalue weighted by Gasteiger charge is -2.21. The van der Waals surface area contributed by atoms with Crippen LogP contribution in [-0.4, -0.2) is 96.7 Å². The molecule has 0 saturated heterocycles. The molecule has 5 atom stereocenters. The van der Waals surface area contributed by atoms with Crippen LogP contribution >= 0.6 is 15.6 Å². The molecule has 0 rings (SSSR count). The highest BCUT2D eigenvalue weighted by atomic mass is 31.2. The van der Waals surface area contributed by atoms with Crippen LogP contribution in [0.5, 0.6) is 0 Å². The van der Waals surface area contributed by atoms with E-state index in [1.165, 1.54) is 13.8 Å². The zero-order valence-electron chi connectivity index (χ0n) is 24.2. The first-order valence-electron chi connectivity index (χ1n) is 13.3. The molecule has 19 heteroatoms. The summed E-state index contributed by atoms with van der Waals surface area (Å²) in [6.07, 6.45) is -2.98. The van der Waals surface area contributed by atoms with Crippen molar-refractivity contribution in [2.24, 2.45) is 0 Å². The lowest BCUT2D eigenvalue weighted by molar-refractivity contribution is -0.161. The summed E-state index contributed by atoms with van der Waals surface area (Å²) in [5, 5.41) is 9.95. The summed E-state index contributed by atoms with van der Waals surface area (Å²) in [6, 6.07) is 0. The van der Waals surface area contributed by atoms with Gasteiger partial charge < -0.3 is 33.8 Å². The molecule has 0 heterocycles. The van der Waals surface area contributed by atoms with Gasteiger partial charge in [-0.1, -0.05) is 27.7 Å². The molecule has 2 unspecified atom stereocenters. The number of ether oxygens (including phenoxy) is 4. The van der Waals surface area contributed by atoms with Crippen LogP contribution in [-0.2, 0) is 65.4 Å². The van der Waals surface area contributed by atoms with E-state index in [-0.39, 0.29) is 25.7 Å². The minimum atomic E-state index is -4.84. The fourth-order valence-electron chi connectivity index (χ4n) is 2.54. The Kier molecular flexibility index (Phi) is 20.7. The lowest BCUT2D eigenvalue weighted by atomic mass is 10.3. The second kappa shape index (κ2) is 21.7. The maximum Gasteiger partial charge on any atom is 0.472 e. The van der Waals surface area contributed by atoms with Crippen LogP contribution in [0.2, 0.25) is 0 Å². The minimum Gasteiger partial charge on any atom is -0.462 e. The third kappa shape index (κ3) is 20.9. The number of carbonyl (C=O) groups excluding carboxylic acids is 4. The minimum absolute atomic E-state index is 0.0196. The second-order valence-corrected chi connectivity index (χ2v) is 11.5. The third-order valence-electron chi connectivity index (χ3n) is 4.65. The second-order valence-electron chi connectivity index (χ2n) is 8.57. The number of rotatable bonds is 24. The molecule has 0 aliphatic carbocycles. The summed E-state index contributed by atoms with van der Waals surface area (Å²) in [5.74, 6) is -2.50. The van der Waals surface area contributed by atoms with E-state index in [2.05, 4.69) is 9.05 Å². The van der Waals surface area contributed by atoms with Gasteiger partial charge in [0, 0.05) is 25.7 Å². The van der Waals surface area contributed by atoms with Gasteiger partial charge in [0.15, 0.2) is 12.2 Å². The zero-order valence-corrected chi connectivity index (χ0v) is 26.0. The Bertz CT molecular complexity index is 927. The summed E-state index contributed by atoms with van der Waals surface area (Å²) < 4.78 is 63.0. The van der Waals surface area contributed by atoms with Crippen LogP contribution in [0.1, 0.15) is 66.2 Å². The highest BCUT2D eigenvalue weighted by Gasteiger charge is 2.30. The van der Waals surface area contributed by atoms with Gasteiger partial charge in [-0.2, -0.15) is 0 Å². The third-order valence-corrected chi connectivity index (χ3v) is 6.55. The first kappa shape index (κ1) is 40.1. The first-order chi connectivity index (χ1) is 19.7. The van der Waals surface area contributed by atoms with E-state index in [9.17, 15) is 43.2 Å². The number of phosphoric ester groups is 2. The van der Waals surface area contributed by atoms with Crippen molar-refractivity contribution < 1.29 is 80.2 Å². The number of esters is 4. The van der Waals surface area contributed by atoms with Gasteiger partial charge in [-0.3, -0.25) is 37.3 Å². The molecule has 42 heavy (non-hydrogen) atoms. The summed E-state index contributed by atoms with van der Waals surface area (Å²) in [4.78, 5) is 66.0. The van der Waals surface area contributed by atoms with E-state index in [0.717, 1.165) is 0 Å². The monoisotopic (exact) mass is 652 g/mol. The predicted molar refractivity (Wildman–Crippen MR) is 142 cm³/mol. The van der Waals surface area contributed by atoms with Crippen LogP contribution < -0.4 is 0 Å². The molecule has 0 spiro atoms. The largest absolute Gasteiger partial charge is 0.472 e. The smallest absolute Gasteiger partial charge is 0.462 e. The average molecular weight is 653 g/mol. The van der Waals surface area contributed by atoms with E-state index < -0.39 is 97.5 Å². The van der Waals surface area contributed by atoms with Crippen LogP contribution in [0.25, 0.3) is 0 Å². The Morgan fingerprint density at radius 2 is 0.952 bits per heavy atom. The normalized spacial score (nSPS) is 16.3. The molecule has 0 aromatic heterocycles. The molecule has 0 amide bonds. The molecule has 17 nitrogen and oxygen atoms in total. The van der Waals surface area contributed by atoms with Gasteiger partial charge in [0.05, 0.1) is 26.4 Å². The van der Waals surface area contributed by atoms with Crippen molar-refractivity contribution in [3.05, 3.63) is 0 Å². The fourth-order valence-corrected chi connectivity index (χ4v) is 4.12. The molecule has 0 aliphatic rings. The molecule has 0 bridgehead atoms. The van der Waals surface area contributed by atoms with Crippen molar-refractivity contribution >= 4 is 39.5 Å². The molecule has 0 fully saturated rings. The first-order valence-corrected chi connectivity index (χ1v) is 16.3. The Labute approximate surface area is 244 Å². The highest BCUT2D eigenvalue weighted by molar-refractivity contribution is 7.47. The lowest BCUT2D eigenvalue weighted by Crippen LogP contribution is -2.30. The van der Waals surface area contributed by atoms with Crippen molar-refractivity contribution in [2.45, 2.75) is 84.5 Å². The molecular weight excluding hydrogens is 610 g/mol. The number of phosphoric acid groups is 2. The molecule has 0 saturated carbocycles. The summed E-state index contributed by atoms with van der Waals surface area (Å²) in [5.41, 5.74) is 0. The number of aliphatic hydroxyl groups is 1. The Hall–Kier alpha value is -1.94. The Morgan fingerprint density at radius 3 is 1.38 bits per heavy atom. The van der Waals surface area contributed by atoms with Crippen molar-refractivity contribution in [3.8, 4) is 0 Å². The molecule has 3 N–H and O–H groups in total. The Morgan fingerprint density at radius 1 is 0.571 bits per heavy atom. The van der Waals surface area contributed by atoms with Crippen LogP contribution in [0.3, 0.4) is 0 Å². The van der Waals surface area contributed by atoms with E-state index in [1.54, 1.807) is 13.8 Å². The molecule has 0 radical (unpaired) electrons. The van der Waals surface area contributed by atoms with Gasteiger partial charge in [0.2, 0.25) is 0 Å². The SMILES string of the molecule is CCCC(=O)OC[C@H](COP(=O)(O)OC[C@@H](O)COP(=O)(O)OC[C@@H](COC(=O)CC)OC(=O)CCC)OC(=O)CC. The van der Waals surface area contributed by atoms with Crippen molar-refractivity contribution in [3.63, 3.8) is 0 Å².